The van der Waals surface area contributed by atoms with E-state index in [0.29, 0.717) is 5.02 Å². The van der Waals surface area contributed by atoms with Crippen LogP contribution < -0.4 is 10.6 Å². The molecule has 162 valence electrons. The van der Waals surface area contributed by atoms with Gasteiger partial charge in [-0.3, -0.25) is 9.59 Å². The molecule has 2 atom stereocenters. The molecule has 0 saturated carbocycles. The van der Waals surface area contributed by atoms with Gasteiger partial charge in [0.05, 0.1) is 23.7 Å². The van der Waals surface area contributed by atoms with E-state index in [4.69, 9.17) is 21.1 Å². The summed E-state index contributed by atoms with van der Waals surface area (Å²) in [5.41, 5.74) is 3.46. The summed E-state index contributed by atoms with van der Waals surface area (Å²) in [4.78, 5) is 24.6. The summed E-state index contributed by atoms with van der Waals surface area (Å²) >= 11 is 6.39. The number of aryl methyl sites for hydroxylation is 1. The largest absolute Gasteiger partial charge is 0.465 e. The Morgan fingerprint density at radius 1 is 1.07 bits per heavy atom. The predicted octanol–water partition coefficient (Wildman–Crippen LogP) is 4.27. The van der Waals surface area contributed by atoms with Crippen LogP contribution in [-0.2, 0) is 31.9 Å². The molecule has 0 bridgehead atoms. The van der Waals surface area contributed by atoms with E-state index in [0.717, 1.165) is 28.9 Å². The van der Waals surface area contributed by atoms with Gasteiger partial charge < -0.3 is 20.1 Å². The highest BCUT2D eigenvalue weighted by atomic mass is 35.5. The number of carbonyl (C=O) groups excluding carboxylic acids is 2. The molecule has 2 rings (SSSR count). The second-order valence-corrected chi connectivity index (χ2v) is 7.21. The summed E-state index contributed by atoms with van der Waals surface area (Å²) in [7, 11) is 1.63. The van der Waals surface area contributed by atoms with Crippen molar-refractivity contribution in [2.75, 3.05) is 19.0 Å². The second kappa shape index (κ2) is 11.6. The summed E-state index contributed by atoms with van der Waals surface area (Å²) in [6.07, 6.45) is 0.208. The van der Waals surface area contributed by atoms with Crippen molar-refractivity contribution in [2.45, 2.75) is 45.8 Å². The van der Waals surface area contributed by atoms with Crippen LogP contribution >= 0.6 is 11.6 Å². The maximum Gasteiger partial charge on any atom is 0.326 e. The molecule has 0 unspecified atom stereocenters. The van der Waals surface area contributed by atoms with Gasteiger partial charge >= 0.3 is 11.9 Å². The van der Waals surface area contributed by atoms with E-state index >= 15 is 0 Å². The lowest BCUT2D eigenvalue weighted by molar-refractivity contribution is -0.156. The van der Waals surface area contributed by atoms with Crippen LogP contribution in [0.4, 0.5) is 11.4 Å². The number of hydrogen-bond acceptors (Lipinski definition) is 6. The molecule has 0 radical (unpaired) electrons. The Labute approximate surface area is 182 Å². The highest BCUT2D eigenvalue weighted by Gasteiger charge is 2.28. The summed E-state index contributed by atoms with van der Waals surface area (Å²) in [5.74, 6) is -0.885. The minimum absolute atomic E-state index is 0.0542. The maximum atomic E-state index is 12.6. The van der Waals surface area contributed by atoms with Gasteiger partial charge in [-0.05, 0) is 50.6 Å². The number of para-hydroxylation sites is 2. The zero-order valence-corrected chi connectivity index (χ0v) is 18.6. The van der Waals surface area contributed by atoms with Crippen molar-refractivity contribution in [2.24, 2.45) is 0 Å². The van der Waals surface area contributed by atoms with Crippen molar-refractivity contribution in [3.63, 3.8) is 0 Å². The zero-order valence-electron chi connectivity index (χ0n) is 17.8. The van der Waals surface area contributed by atoms with E-state index in [-0.39, 0.29) is 13.0 Å². The number of esters is 2. The van der Waals surface area contributed by atoms with E-state index in [1.54, 1.807) is 20.9 Å². The van der Waals surface area contributed by atoms with Crippen LogP contribution in [0.5, 0.6) is 0 Å². The standard InChI is InChI=1S/C23H29ClN2O4/c1-5-16-11-9-12-18(24)22(16)26-19-13-8-7-10-17(19)14-20(27)30-15(3)21(25-4)23(28)29-6-2/h7-13,15,21,25-26H,5-6,14H2,1-4H3/t15-,21+/m1/s1. The van der Waals surface area contributed by atoms with Gasteiger partial charge in [-0.15, -0.1) is 0 Å². The highest BCUT2D eigenvalue weighted by molar-refractivity contribution is 6.33. The monoisotopic (exact) mass is 432 g/mol. The van der Waals surface area contributed by atoms with Crippen molar-refractivity contribution in [3.8, 4) is 0 Å². The van der Waals surface area contributed by atoms with Crippen LogP contribution in [0.25, 0.3) is 0 Å². The van der Waals surface area contributed by atoms with Crippen LogP contribution in [0.15, 0.2) is 42.5 Å². The summed E-state index contributed by atoms with van der Waals surface area (Å²) in [5, 5.41) is 6.82. The Hall–Kier alpha value is -2.57. The number of nitrogens with one attached hydrogen (secondary N) is 2. The maximum absolute atomic E-state index is 12.6. The van der Waals surface area contributed by atoms with Crippen molar-refractivity contribution < 1.29 is 19.1 Å². The number of halogens is 1. The zero-order chi connectivity index (χ0) is 22.1. The highest BCUT2D eigenvalue weighted by Crippen LogP contribution is 2.31. The van der Waals surface area contributed by atoms with Crippen LogP contribution in [0.2, 0.25) is 5.02 Å². The Morgan fingerprint density at radius 3 is 2.43 bits per heavy atom. The average Bonchev–Trinajstić information content (AvgIpc) is 2.71. The Balaban J connectivity index is 2.13. The van der Waals surface area contributed by atoms with Gasteiger partial charge in [0.2, 0.25) is 0 Å². The number of hydrogen-bond donors (Lipinski definition) is 2. The summed E-state index contributed by atoms with van der Waals surface area (Å²) in [6.45, 7) is 5.72. The van der Waals surface area contributed by atoms with Crippen molar-refractivity contribution in [1.82, 2.24) is 5.32 Å². The van der Waals surface area contributed by atoms with Gasteiger partial charge in [-0.25, -0.2) is 0 Å². The molecule has 2 aromatic rings. The van der Waals surface area contributed by atoms with E-state index in [1.807, 2.05) is 42.5 Å². The normalized spacial score (nSPS) is 12.7. The van der Waals surface area contributed by atoms with Crippen molar-refractivity contribution in [1.29, 1.82) is 0 Å². The van der Waals surface area contributed by atoms with Crippen LogP contribution in [-0.4, -0.2) is 37.7 Å². The number of likely N-dealkylation sites (N-methyl/N-ethyl adjacent to an activating group) is 1. The molecule has 0 heterocycles. The molecule has 0 aliphatic carbocycles. The van der Waals surface area contributed by atoms with Gasteiger partial charge in [0, 0.05) is 5.69 Å². The molecule has 0 fully saturated rings. The lowest BCUT2D eigenvalue weighted by Crippen LogP contribution is -2.46. The fourth-order valence-electron chi connectivity index (χ4n) is 3.18. The number of ether oxygens (including phenoxy) is 2. The van der Waals surface area contributed by atoms with Gasteiger partial charge in [-0.1, -0.05) is 48.9 Å². The SMILES string of the molecule is CCOC(=O)[C@@H](NC)[C@@H](C)OC(=O)Cc1ccccc1Nc1c(Cl)cccc1CC. The van der Waals surface area contributed by atoms with Crippen molar-refractivity contribution in [3.05, 3.63) is 58.6 Å². The Kier molecular flexibility index (Phi) is 9.15. The minimum Gasteiger partial charge on any atom is -0.465 e. The Bertz CT molecular complexity index is 872. The fraction of sp³-hybridized carbons (Fsp3) is 0.391. The molecule has 2 aromatic carbocycles. The lowest BCUT2D eigenvalue weighted by atomic mass is 10.1. The molecule has 0 aliphatic heterocycles. The fourth-order valence-corrected chi connectivity index (χ4v) is 3.42. The first-order chi connectivity index (χ1) is 14.4. The van der Waals surface area contributed by atoms with Crippen molar-refractivity contribution >= 4 is 34.9 Å². The van der Waals surface area contributed by atoms with Gasteiger partial charge in [0.15, 0.2) is 0 Å². The van der Waals surface area contributed by atoms with Crippen LogP contribution in [0.3, 0.4) is 0 Å². The average molecular weight is 433 g/mol. The second-order valence-electron chi connectivity index (χ2n) is 6.80. The van der Waals surface area contributed by atoms with Crippen LogP contribution in [0, 0.1) is 0 Å². The van der Waals surface area contributed by atoms with Gasteiger partial charge in [-0.2, -0.15) is 0 Å². The summed E-state index contributed by atoms with van der Waals surface area (Å²) < 4.78 is 10.5. The smallest absolute Gasteiger partial charge is 0.326 e. The summed E-state index contributed by atoms with van der Waals surface area (Å²) in [6, 6.07) is 12.5. The molecule has 0 spiro atoms. The molecule has 7 heteroatoms. The predicted molar refractivity (Wildman–Crippen MR) is 119 cm³/mol. The quantitative estimate of drug-likeness (QED) is 0.546. The topological polar surface area (TPSA) is 76.7 Å². The van der Waals surface area contributed by atoms with Crippen LogP contribution in [0.1, 0.15) is 31.9 Å². The van der Waals surface area contributed by atoms with E-state index < -0.39 is 24.1 Å². The number of rotatable bonds is 10. The molecule has 0 aromatic heterocycles. The third kappa shape index (κ3) is 6.21. The first kappa shape index (κ1) is 23.7. The third-order valence-electron chi connectivity index (χ3n) is 4.73. The van der Waals surface area contributed by atoms with Gasteiger partial charge in [0.1, 0.15) is 12.1 Å². The van der Waals surface area contributed by atoms with E-state index in [9.17, 15) is 9.59 Å². The molecular weight excluding hydrogens is 404 g/mol. The molecule has 0 amide bonds. The minimum atomic E-state index is -0.725. The molecule has 0 aliphatic rings. The molecule has 30 heavy (non-hydrogen) atoms. The molecule has 2 N–H and O–H groups in total. The first-order valence-corrected chi connectivity index (χ1v) is 10.4. The molecule has 6 nitrogen and oxygen atoms in total. The Morgan fingerprint density at radius 2 is 1.77 bits per heavy atom. The van der Waals surface area contributed by atoms with E-state index in [1.165, 1.54) is 0 Å². The number of benzene rings is 2. The number of carbonyl (C=O) groups is 2. The third-order valence-corrected chi connectivity index (χ3v) is 5.05. The molecular formula is C23H29ClN2O4. The molecule has 0 saturated heterocycles. The van der Waals surface area contributed by atoms with Gasteiger partial charge in [0.25, 0.3) is 0 Å². The first-order valence-electron chi connectivity index (χ1n) is 10.1. The van der Waals surface area contributed by atoms with E-state index in [2.05, 4.69) is 17.6 Å². The number of anilines is 2. The lowest BCUT2D eigenvalue weighted by Gasteiger charge is -2.22.